The van der Waals surface area contributed by atoms with Gasteiger partial charge in [0, 0.05) is 12.1 Å². The van der Waals surface area contributed by atoms with Crippen LogP contribution in [0.3, 0.4) is 0 Å². The summed E-state index contributed by atoms with van der Waals surface area (Å²) in [6.07, 6.45) is 4.97. The van der Waals surface area contributed by atoms with Gasteiger partial charge in [0.15, 0.2) is 0 Å². The van der Waals surface area contributed by atoms with Crippen molar-refractivity contribution in [3.8, 4) is 0 Å². The Morgan fingerprint density at radius 1 is 1.33 bits per heavy atom. The van der Waals surface area contributed by atoms with Crippen molar-refractivity contribution in [2.75, 3.05) is 20.6 Å². The minimum Gasteiger partial charge on any atom is -0.307 e. The zero-order valence-electron chi connectivity index (χ0n) is 14.4. The second-order valence-corrected chi connectivity index (χ2v) is 6.50. The number of aryl methyl sites for hydroxylation is 1. The fourth-order valence-corrected chi connectivity index (χ4v) is 2.98. The average Bonchev–Trinajstić information content (AvgIpc) is 2.80. The van der Waals surface area contributed by atoms with Gasteiger partial charge in [-0.2, -0.15) is 5.10 Å². The van der Waals surface area contributed by atoms with Gasteiger partial charge in [-0.15, -0.1) is 0 Å². The molecule has 122 valence electrons. The van der Waals surface area contributed by atoms with Gasteiger partial charge in [-0.05, 0) is 46.8 Å². The molecule has 1 rings (SSSR count). The van der Waals surface area contributed by atoms with Crippen molar-refractivity contribution in [2.45, 2.75) is 65.1 Å². The Morgan fingerprint density at radius 3 is 2.48 bits per heavy atom. The topological polar surface area (TPSA) is 33.1 Å². The summed E-state index contributed by atoms with van der Waals surface area (Å²) in [4.78, 5) is 2.29. The number of likely N-dealkylation sites (N-methyl/N-ethyl adjacent to an activating group) is 1. The van der Waals surface area contributed by atoms with E-state index in [9.17, 15) is 0 Å². The Kier molecular flexibility index (Phi) is 7.17. The lowest BCUT2D eigenvalue weighted by atomic mass is 9.85. The molecule has 4 nitrogen and oxygen atoms in total. The van der Waals surface area contributed by atoms with Crippen molar-refractivity contribution in [2.24, 2.45) is 0 Å². The highest BCUT2D eigenvalue weighted by Crippen LogP contribution is 2.36. The van der Waals surface area contributed by atoms with Crippen LogP contribution in [0.4, 0.5) is 0 Å². The highest BCUT2D eigenvalue weighted by atomic mass is 35.5. The first-order chi connectivity index (χ1) is 9.92. The minimum absolute atomic E-state index is 0.00959. The van der Waals surface area contributed by atoms with Crippen LogP contribution >= 0.6 is 11.6 Å². The molecule has 0 bridgehead atoms. The Balaban J connectivity index is 3.27. The summed E-state index contributed by atoms with van der Waals surface area (Å²) < 4.78 is 2.06. The van der Waals surface area contributed by atoms with E-state index < -0.39 is 0 Å². The van der Waals surface area contributed by atoms with Crippen LogP contribution in [0.15, 0.2) is 6.20 Å². The van der Waals surface area contributed by atoms with Crippen molar-refractivity contribution in [1.82, 2.24) is 20.0 Å². The first-order valence-corrected chi connectivity index (χ1v) is 8.42. The van der Waals surface area contributed by atoms with Gasteiger partial charge >= 0.3 is 0 Å². The quantitative estimate of drug-likeness (QED) is 0.754. The maximum atomic E-state index is 6.48. The molecule has 0 aliphatic heterocycles. The van der Waals surface area contributed by atoms with Gasteiger partial charge in [-0.3, -0.25) is 4.68 Å². The minimum atomic E-state index is -0.00959. The predicted octanol–water partition coefficient (Wildman–Crippen LogP) is 3.72. The highest BCUT2D eigenvalue weighted by molar-refractivity contribution is 6.31. The summed E-state index contributed by atoms with van der Waals surface area (Å²) in [6.45, 7) is 10.8. The van der Waals surface area contributed by atoms with Crippen molar-refractivity contribution >= 4 is 11.6 Å². The Bertz CT molecular complexity index is 430. The molecule has 0 saturated carbocycles. The average molecular weight is 315 g/mol. The molecule has 1 N–H and O–H groups in total. The Hall–Kier alpha value is -0.580. The second kappa shape index (κ2) is 8.16. The third-order valence-electron chi connectivity index (χ3n) is 4.50. The lowest BCUT2D eigenvalue weighted by Gasteiger charge is -2.43. The molecule has 5 heteroatoms. The van der Waals surface area contributed by atoms with Crippen LogP contribution in [0.5, 0.6) is 0 Å². The van der Waals surface area contributed by atoms with E-state index in [1.165, 1.54) is 0 Å². The molecule has 21 heavy (non-hydrogen) atoms. The molecule has 0 amide bonds. The van der Waals surface area contributed by atoms with E-state index >= 15 is 0 Å². The third kappa shape index (κ3) is 3.99. The van der Waals surface area contributed by atoms with E-state index in [1.807, 2.05) is 0 Å². The van der Waals surface area contributed by atoms with Gasteiger partial charge in [0.2, 0.25) is 0 Å². The summed E-state index contributed by atoms with van der Waals surface area (Å²) in [5.74, 6) is 0. The number of rotatable bonds is 9. The normalized spacial score (nSPS) is 16.2. The molecule has 0 fully saturated rings. The van der Waals surface area contributed by atoms with E-state index in [-0.39, 0.29) is 11.6 Å². The van der Waals surface area contributed by atoms with Crippen LogP contribution in [0.25, 0.3) is 0 Å². The molecule has 2 unspecified atom stereocenters. The van der Waals surface area contributed by atoms with E-state index in [4.69, 9.17) is 11.6 Å². The monoisotopic (exact) mass is 314 g/mol. The van der Waals surface area contributed by atoms with Crippen LogP contribution in [-0.2, 0) is 6.54 Å². The third-order valence-corrected chi connectivity index (χ3v) is 4.79. The lowest BCUT2D eigenvalue weighted by Crippen LogP contribution is -2.52. The van der Waals surface area contributed by atoms with Crippen LogP contribution in [0, 0.1) is 0 Å². The zero-order chi connectivity index (χ0) is 16.0. The standard InChI is InChI=1S/C16H31ClN4/c1-7-10-18-15(16(4,9-3)20(5)6)14-13(17)12-19-21(14)11-8-2/h12,15,18H,7-11H2,1-6H3. The van der Waals surface area contributed by atoms with E-state index in [1.54, 1.807) is 6.20 Å². The molecule has 0 radical (unpaired) electrons. The molecule has 0 saturated heterocycles. The van der Waals surface area contributed by atoms with E-state index in [0.717, 1.165) is 43.1 Å². The number of aromatic nitrogens is 2. The molecule has 2 atom stereocenters. The Labute approximate surface area is 134 Å². The van der Waals surface area contributed by atoms with Crippen molar-refractivity contribution in [3.05, 3.63) is 16.9 Å². The molecule has 1 aromatic heterocycles. The number of halogens is 1. The smallest absolute Gasteiger partial charge is 0.0834 e. The SMILES string of the molecule is CCCNC(c1c(Cl)cnn1CCC)C(C)(CC)N(C)C. The summed E-state index contributed by atoms with van der Waals surface area (Å²) in [6, 6.07) is 0.166. The van der Waals surface area contributed by atoms with E-state index in [2.05, 4.69) is 61.8 Å². The Morgan fingerprint density at radius 2 is 2.00 bits per heavy atom. The number of nitrogens with one attached hydrogen (secondary N) is 1. The van der Waals surface area contributed by atoms with Crippen LogP contribution in [0.1, 0.15) is 58.7 Å². The molecular formula is C16H31ClN4. The molecule has 0 aromatic carbocycles. The van der Waals surface area contributed by atoms with Crippen molar-refractivity contribution in [1.29, 1.82) is 0 Å². The zero-order valence-corrected chi connectivity index (χ0v) is 15.2. The summed E-state index contributed by atoms with van der Waals surface area (Å²) in [7, 11) is 4.27. The second-order valence-electron chi connectivity index (χ2n) is 6.09. The molecule has 0 aliphatic carbocycles. The van der Waals surface area contributed by atoms with Gasteiger partial charge in [-0.1, -0.05) is 32.4 Å². The first-order valence-electron chi connectivity index (χ1n) is 8.04. The van der Waals surface area contributed by atoms with Gasteiger partial charge in [0.1, 0.15) is 0 Å². The number of nitrogens with zero attached hydrogens (tertiary/aromatic N) is 3. The largest absolute Gasteiger partial charge is 0.307 e. The predicted molar refractivity (Wildman–Crippen MR) is 90.9 cm³/mol. The molecule has 1 aromatic rings. The molecule has 0 aliphatic rings. The van der Waals surface area contributed by atoms with Gasteiger partial charge in [0.05, 0.1) is 23.0 Å². The maximum absolute atomic E-state index is 6.48. The fourth-order valence-electron chi connectivity index (χ4n) is 2.73. The summed E-state index contributed by atoms with van der Waals surface area (Å²) >= 11 is 6.48. The van der Waals surface area contributed by atoms with Gasteiger partial charge in [-0.25, -0.2) is 0 Å². The molecule has 1 heterocycles. The lowest BCUT2D eigenvalue weighted by molar-refractivity contribution is 0.108. The van der Waals surface area contributed by atoms with Crippen LogP contribution < -0.4 is 5.32 Å². The van der Waals surface area contributed by atoms with Crippen LogP contribution in [0.2, 0.25) is 5.02 Å². The number of hydrogen-bond donors (Lipinski definition) is 1. The van der Waals surface area contributed by atoms with Gasteiger partial charge in [0.25, 0.3) is 0 Å². The highest BCUT2D eigenvalue weighted by Gasteiger charge is 2.38. The fraction of sp³-hybridized carbons (Fsp3) is 0.812. The van der Waals surface area contributed by atoms with Crippen molar-refractivity contribution in [3.63, 3.8) is 0 Å². The summed E-state index contributed by atoms with van der Waals surface area (Å²) in [5.41, 5.74) is 1.11. The van der Waals surface area contributed by atoms with Crippen LogP contribution in [-0.4, -0.2) is 40.9 Å². The number of hydrogen-bond acceptors (Lipinski definition) is 3. The first kappa shape index (κ1) is 18.5. The molecular weight excluding hydrogens is 284 g/mol. The molecule has 0 spiro atoms. The summed E-state index contributed by atoms with van der Waals surface area (Å²) in [5, 5.41) is 8.93. The van der Waals surface area contributed by atoms with Gasteiger partial charge < -0.3 is 10.2 Å². The van der Waals surface area contributed by atoms with Crippen molar-refractivity contribution < 1.29 is 0 Å². The maximum Gasteiger partial charge on any atom is 0.0834 e. The van der Waals surface area contributed by atoms with E-state index in [0.29, 0.717) is 0 Å².